The van der Waals surface area contributed by atoms with E-state index in [4.69, 9.17) is 9.47 Å². The number of hydrogen-bond donors (Lipinski definition) is 0. The SMILES string of the molecule is CC1(C)OC(=O)C(=Cc2ccc(OC(F)F)cc2)C(=O)O1. The summed E-state index contributed by atoms with van der Waals surface area (Å²) in [7, 11) is 0. The van der Waals surface area contributed by atoms with E-state index in [0.717, 1.165) is 0 Å². The van der Waals surface area contributed by atoms with E-state index >= 15 is 0 Å². The molecule has 0 radical (unpaired) electrons. The van der Waals surface area contributed by atoms with Crippen LogP contribution in [0.2, 0.25) is 0 Å². The second-order valence-electron chi connectivity index (χ2n) is 4.68. The third-order valence-corrected chi connectivity index (χ3v) is 2.53. The van der Waals surface area contributed by atoms with E-state index in [-0.39, 0.29) is 11.3 Å². The first-order chi connectivity index (χ1) is 9.77. The number of ether oxygens (including phenoxy) is 3. The molecule has 0 N–H and O–H groups in total. The smallest absolute Gasteiger partial charge is 0.387 e. The maximum absolute atomic E-state index is 12.0. The summed E-state index contributed by atoms with van der Waals surface area (Å²) in [4.78, 5) is 23.4. The standard InChI is InChI=1S/C14H12F2O5/c1-14(2)20-11(17)10(12(18)21-14)7-8-3-5-9(6-4-8)19-13(15)16/h3-7,13H,1-2H3. The van der Waals surface area contributed by atoms with Gasteiger partial charge in [0.05, 0.1) is 0 Å². The van der Waals surface area contributed by atoms with Crippen molar-refractivity contribution in [2.24, 2.45) is 0 Å². The number of cyclic esters (lactones) is 2. The first kappa shape index (κ1) is 15.0. The van der Waals surface area contributed by atoms with Gasteiger partial charge in [0.2, 0.25) is 0 Å². The van der Waals surface area contributed by atoms with Gasteiger partial charge in [0.1, 0.15) is 11.3 Å². The average Bonchev–Trinajstić information content (AvgIpc) is 2.34. The summed E-state index contributed by atoms with van der Waals surface area (Å²) in [5, 5.41) is 0. The zero-order valence-electron chi connectivity index (χ0n) is 11.3. The number of halogens is 2. The van der Waals surface area contributed by atoms with Crippen LogP contribution in [-0.4, -0.2) is 24.3 Å². The monoisotopic (exact) mass is 298 g/mol. The van der Waals surface area contributed by atoms with Gasteiger partial charge in [-0.3, -0.25) is 0 Å². The van der Waals surface area contributed by atoms with Gasteiger partial charge < -0.3 is 14.2 Å². The van der Waals surface area contributed by atoms with Crippen LogP contribution in [-0.2, 0) is 19.1 Å². The summed E-state index contributed by atoms with van der Waals surface area (Å²) in [6, 6.07) is 5.43. The van der Waals surface area contributed by atoms with Crippen molar-refractivity contribution in [1.82, 2.24) is 0 Å². The molecule has 0 amide bonds. The van der Waals surface area contributed by atoms with Gasteiger partial charge in [-0.1, -0.05) is 12.1 Å². The highest BCUT2D eigenvalue weighted by atomic mass is 19.3. The van der Waals surface area contributed by atoms with Crippen molar-refractivity contribution in [3.8, 4) is 5.75 Å². The van der Waals surface area contributed by atoms with Crippen molar-refractivity contribution in [2.45, 2.75) is 26.2 Å². The van der Waals surface area contributed by atoms with E-state index in [0.29, 0.717) is 5.56 Å². The molecule has 0 unspecified atom stereocenters. The fourth-order valence-electron chi connectivity index (χ4n) is 1.69. The third-order valence-electron chi connectivity index (χ3n) is 2.53. The van der Waals surface area contributed by atoms with Gasteiger partial charge >= 0.3 is 18.6 Å². The third kappa shape index (κ3) is 3.77. The Labute approximate surface area is 119 Å². The Morgan fingerprint density at radius 3 is 2.10 bits per heavy atom. The average molecular weight is 298 g/mol. The number of hydrogen-bond acceptors (Lipinski definition) is 5. The predicted octanol–water partition coefficient (Wildman–Crippen LogP) is 2.51. The molecule has 0 saturated carbocycles. The van der Waals surface area contributed by atoms with Gasteiger partial charge in [0.15, 0.2) is 0 Å². The quantitative estimate of drug-likeness (QED) is 0.487. The molecule has 21 heavy (non-hydrogen) atoms. The number of benzene rings is 1. The molecule has 0 spiro atoms. The van der Waals surface area contributed by atoms with Gasteiger partial charge in [-0.05, 0) is 23.8 Å². The van der Waals surface area contributed by atoms with Crippen LogP contribution in [0.15, 0.2) is 29.8 Å². The van der Waals surface area contributed by atoms with Crippen LogP contribution in [0, 0.1) is 0 Å². The molecule has 7 heteroatoms. The molecule has 2 rings (SSSR count). The molecular formula is C14H12F2O5. The summed E-state index contributed by atoms with van der Waals surface area (Å²) in [6.45, 7) is -0.0359. The Hall–Kier alpha value is -2.44. The van der Waals surface area contributed by atoms with Gasteiger partial charge in [0.25, 0.3) is 5.79 Å². The number of alkyl halides is 2. The molecule has 0 aromatic heterocycles. The molecule has 1 saturated heterocycles. The summed E-state index contributed by atoms with van der Waals surface area (Å²) < 4.78 is 38.1. The summed E-state index contributed by atoms with van der Waals surface area (Å²) in [6.07, 6.45) is 1.26. The predicted molar refractivity (Wildman–Crippen MR) is 67.3 cm³/mol. The lowest BCUT2D eigenvalue weighted by atomic mass is 10.1. The van der Waals surface area contributed by atoms with Crippen LogP contribution >= 0.6 is 0 Å². The summed E-state index contributed by atoms with van der Waals surface area (Å²) in [5.74, 6) is -2.93. The van der Waals surface area contributed by atoms with E-state index in [1.54, 1.807) is 0 Å². The largest absolute Gasteiger partial charge is 0.435 e. The lowest BCUT2D eigenvalue weighted by molar-refractivity contribution is -0.222. The van der Waals surface area contributed by atoms with Crippen LogP contribution in [0.25, 0.3) is 6.08 Å². The molecule has 1 aliphatic rings. The number of rotatable bonds is 3. The van der Waals surface area contributed by atoms with Crippen LogP contribution < -0.4 is 4.74 Å². The van der Waals surface area contributed by atoms with Crippen molar-refractivity contribution in [2.75, 3.05) is 0 Å². The molecular weight excluding hydrogens is 286 g/mol. The highest BCUT2D eigenvalue weighted by molar-refractivity contribution is 6.18. The Kier molecular flexibility index (Phi) is 3.93. The van der Waals surface area contributed by atoms with Crippen molar-refractivity contribution in [3.63, 3.8) is 0 Å². The summed E-state index contributed by atoms with van der Waals surface area (Å²) >= 11 is 0. The van der Waals surface area contributed by atoms with Crippen LogP contribution in [0.4, 0.5) is 8.78 Å². The Balaban J connectivity index is 2.19. The normalized spacial score (nSPS) is 17.3. The van der Waals surface area contributed by atoms with Crippen molar-refractivity contribution >= 4 is 18.0 Å². The van der Waals surface area contributed by atoms with Gasteiger partial charge in [0, 0.05) is 13.8 Å². The summed E-state index contributed by atoms with van der Waals surface area (Å²) in [5.41, 5.74) is 0.178. The van der Waals surface area contributed by atoms with Crippen molar-refractivity contribution in [1.29, 1.82) is 0 Å². The van der Waals surface area contributed by atoms with Crippen LogP contribution in [0.1, 0.15) is 19.4 Å². The maximum atomic E-state index is 12.0. The lowest BCUT2D eigenvalue weighted by Gasteiger charge is -2.29. The molecule has 5 nitrogen and oxygen atoms in total. The molecule has 1 fully saturated rings. The number of carbonyl (C=O) groups is 2. The van der Waals surface area contributed by atoms with E-state index < -0.39 is 24.3 Å². The minimum atomic E-state index is -2.92. The van der Waals surface area contributed by atoms with Gasteiger partial charge in [-0.25, -0.2) is 9.59 Å². The number of esters is 2. The molecule has 1 heterocycles. The van der Waals surface area contributed by atoms with Gasteiger partial charge in [-0.2, -0.15) is 8.78 Å². The molecule has 1 aliphatic heterocycles. The Morgan fingerprint density at radius 1 is 1.10 bits per heavy atom. The molecule has 1 aromatic rings. The first-order valence-corrected chi connectivity index (χ1v) is 6.00. The van der Waals surface area contributed by atoms with Crippen LogP contribution in [0.5, 0.6) is 5.75 Å². The van der Waals surface area contributed by atoms with E-state index in [1.165, 1.54) is 44.2 Å². The van der Waals surface area contributed by atoms with Gasteiger partial charge in [-0.15, -0.1) is 0 Å². The zero-order valence-corrected chi connectivity index (χ0v) is 11.3. The van der Waals surface area contributed by atoms with E-state index in [1.807, 2.05) is 0 Å². The van der Waals surface area contributed by atoms with Crippen molar-refractivity contribution < 1.29 is 32.6 Å². The Morgan fingerprint density at radius 2 is 1.62 bits per heavy atom. The molecule has 112 valence electrons. The second-order valence-corrected chi connectivity index (χ2v) is 4.68. The first-order valence-electron chi connectivity index (χ1n) is 6.00. The number of carbonyl (C=O) groups excluding carboxylic acids is 2. The zero-order chi connectivity index (χ0) is 15.6. The minimum absolute atomic E-state index is 0.0259. The second kappa shape index (κ2) is 5.51. The van der Waals surface area contributed by atoms with E-state index in [2.05, 4.69) is 4.74 Å². The highest BCUT2D eigenvalue weighted by Gasteiger charge is 2.38. The molecule has 1 aromatic carbocycles. The van der Waals surface area contributed by atoms with Crippen molar-refractivity contribution in [3.05, 3.63) is 35.4 Å². The fraction of sp³-hybridized carbons (Fsp3) is 0.286. The highest BCUT2D eigenvalue weighted by Crippen LogP contribution is 2.24. The molecule has 0 bridgehead atoms. The lowest BCUT2D eigenvalue weighted by Crippen LogP contribution is -2.41. The van der Waals surface area contributed by atoms with E-state index in [9.17, 15) is 18.4 Å². The maximum Gasteiger partial charge on any atom is 0.387 e. The topological polar surface area (TPSA) is 61.8 Å². The molecule has 0 aliphatic carbocycles. The fourth-order valence-corrected chi connectivity index (χ4v) is 1.69. The Bertz CT molecular complexity index is 568. The minimum Gasteiger partial charge on any atom is -0.435 e. The molecule has 0 atom stereocenters. The van der Waals surface area contributed by atoms with Crippen LogP contribution in [0.3, 0.4) is 0 Å².